The second-order valence-electron chi connectivity index (χ2n) is 3.88. The zero-order chi connectivity index (χ0) is 12.1. The van der Waals surface area contributed by atoms with Crippen molar-refractivity contribution in [3.63, 3.8) is 0 Å². The molecule has 1 atom stereocenters. The normalized spacial score (nSPS) is 16.7. The summed E-state index contributed by atoms with van der Waals surface area (Å²) in [5, 5.41) is 0. The van der Waals surface area contributed by atoms with Gasteiger partial charge in [0, 0.05) is 13.2 Å². The highest BCUT2D eigenvalue weighted by Crippen LogP contribution is 2.27. The standard InChI is InChI=1S/C11H19NO4/c1-4-16-10(13)7-12(9-5-6-9)11(14)8(2)15-3/h8-9H,4-7H2,1-3H3. The number of carbonyl (C=O) groups excluding carboxylic acids is 2. The first-order chi connectivity index (χ1) is 7.60. The van der Waals surface area contributed by atoms with Crippen molar-refractivity contribution >= 4 is 11.9 Å². The van der Waals surface area contributed by atoms with Crippen molar-refractivity contribution in [2.24, 2.45) is 0 Å². The van der Waals surface area contributed by atoms with Gasteiger partial charge in [0.2, 0.25) is 0 Å². The smallest absolute Gasteiger partial charge is 0.325 e. The fourth-order valence-electron chi connectivity index (χ4n) is 1.45. The minimum absolute atomic E-state index is 0.0328. The Morgan fingerprint density at radius 3 is 2.50 bits per heavy atom. The SMILES string of the molecule is CCOC(=O)CN(C(=O)C(C)OC)C1CC1. The summed E-state index contributed by atoms with van der Waals surface area (Å²) in [6, 6.07) is 0.189. The van der Waals surface area contributed by atoms with Crippen LogP contribution in [0, 0.1) is 0 Å². The van der Waals surface area contributed by atoms with Crippen LogP contribution in [-0.2, 0) is 19.1 Å². The number of esters is 1. The lowest BCUT2D eigenvalue weighted by molar-refractivity contribution is -0.152. The van der Waals surface area contributed by atoms with Gasteiger partial charge in [-0.2, -0.15) is 0 Å². The number of carbonyl (C=O) groups is 2. The topological polar surface area (TPSA) is 55.8 Å². The van der Waals surface area contributed by atoms with Crippen LogP contribution >= 0.6 is 0 Å². The van der Waals surface area contributed by atoms with Crippen LogP contribution in [-0.4, -0.2) is 49.2 Å². The number of hydrogen-bond acceptors (Lipinski definition) is 4. The third kappa shape index (κ3) is 3.48. The van der Waals surface area contributed by atoms with E-state index >= 15 is 0 Å². The largest absolute Gasteiger partial charge is 0.465 e. The van der Waals surface area contributed by atoms with Crippen LogP contribution in [0.4, 0.5) is 0 Å². The van der Waals surface area contributed by atoms with Crippen molar-refractivity contribution in [1.29, 1.82) is 0 Å². The van der Waals surface area contributed by atoms with E-state index in [0.29, 0.717) is 6.61 Å². The summed E-state index contributed by atoms with van der Waals surface area (Å²) < 4.78 is 9.81. The van der Waals surface area contributed by atoms with Gasteiger partial charge < -0.3 is 14.4 Å². The molecule has 1 amide bonds. The molecule has 92 valence electrons. The van der Waals surface area contributed by atoms with Crippen LogP contribution in [0.15, 0.2) is 0 Å². The summed E-state index contributed by atoms with van der Waals surface area (Å²) in [5.41, 5.74) is 0. The number of rotatable bonds is 6. The molecule has 16 heavy (non-hydrogen) atoms. The Balaban J connectivity index is 2.53. The Labute approximate surface area is 95.7 Å². The highest BCUT2D eigenvalue weighted by Gasteiger charge is 2.36. The summed E-state index contributed by atoms with van der Waals surface area (Å²) in [7, 11) is 1.48. The predicted octanol–water partition coefficient (Wildman–Crippen LogP) is 0.575. The third-order valence-electron chi connectivity index (χ3n) is 2.58. The van der Waals surface area contributed by atoms with E-state index in [2.05, 4.69) is 0 Å². The van der Waals surface area contributed by atoms with Crippen LogP contribution < -0.4 is 0 Å². The zero-order valence-electron chi connectivity index (χ0n) is 10.1. The molecule has 0 heterocycles. The van der Waals surface area contributed by atoms with E-state index in [1.165, 1.54) is 7.11 Å². The molecule has 0 saturated heterocycles. The van der Waals surface area contributed by atoms with E-state index < -0.39 is 6.10 Å². The van der Waals surface area contributed by atoms with E-state index in [0.717, 1.165) is 12.8 Å². The lowest BCUT2D eigenvalue weighted by Crippen LogP contribution is -2.43. The first-order valence-electron chi connectivity index (χ1n) is 5.59. The van der Waals surface area contributed by atoms with Gasteiger partial charge in [-0.3, -0.25) is 9.59 Å². The van der Waals surface area contributed by atoms with Crippen molar-refractivity contribution in [3.05, 3.63) is 0 Å². The minimum Gasteiger partial charge on any atom is -0.465 e. The number of nitrogens with zero attached hydrogens (tertiary/aromatic N) is 1. The van der Waals surface area contributed by atoms with Crippen molar-refractivity contribution < 1.29 is 19.1 Å². The fraction of sp³-hybridized carbons (Fsp3) is 0.818. The van der Waals surface area contributed by atoms with Gasteiger partial charge in [0.15, 0.2) is 0 Å². The zero-order valence-corrected chi connectivity index (χ0v) is 10.1. The fourth-order valence-corrected chi connectivity index (χ4v) is 1.45. The van der Waals surface area contributed by atoms with Gasteiger partial charge in [0.25, 0.3) is 5.91 Å². The van der Waals surface area contributed by atoms with Gasteiger partial charge in [0.05, 0.1) is 6.61 Å². The molecule has 1 saturated carbocycles. The summed E-state index contributed by atoms with van der Waals surface area (Å²) in [4.78, 5) is 24.8. The van der Waals surface area contributed by atoms with Crippen LogP contribution in [0.3, 0.4) is 0 Å². The summed E-state index contributed by atoms with van der Waals surface area (Å²) in [6.45, 7) is 3.80. The molecule has 1 unspecified atom stereocenters. The minimum atomic E-state index is -0.505. The molecule has 0 N–H and O–H groups in total. The summed E-state index contributed by atoms with van der Waals surface area (Å²) >= 11 is 0. The molecule has 5 nitrogen and oxygen atoms in total. The number of methoxy groups -OCH3 is 1. The van der Waals surface area contributed by atoms with Crippen LogP contribution in [0.2, 0.25) is 0 Å². The Morgan fingerprint density at radius 2 is 2.06 bits per heavy atom. The molecular formula is C11H19NO4. The molecule has 1 rings (SSSR count). The van der Waals surface area contributed by atoms with Crippen molar-refractivity contribution in [1.82, 2.24) is 4.90 Å². The van der Waals surface area contributed by atoms with Crippen molar-refractivity contribution in [3.8, 4) is 0 Å². The van der Waals surface area contributed by atoms with E-state index in [-0.39, 0.29) is 24.5 Å². The maximum Gasteiger partial charge on any atom is 0.325 e. The summed E-state index contributed by atoms with van der Waals surface area (Å²) in [6.07, 6.45) is 1.42. The monoisotopic (exact) mass is 229 g/mol. The van der Waals surface area contributed by atoms with Gasteiger partial charge >= 0.3 is 5.97 Å². The van der Waals surface area contributed by atoms with Crippen molar-refractivity contribution in [2.45, 2.75) is 38.8 Å². The van der Waals surface area contributed by atoms with Gasteiger partial charge in [0.1, 0.15) is 12.6 Å². The molecule has 5 heteroatoms. The average Bonchev–Trinajstić information content (AvgIpc) is 3.08. The van der Waals surface area contributed by atoms with Gasteiger partial charge in [-0.25, -0.2) is 0 Å². The quantitative estimate of drug-likeness (QED) is 0.625. The lowest BCUT2D eigenvalue weighted by Gasteiger charge is -2.23. The Bertz CT molecular complexity index is 263. The molecule has 0 radical (unpaired) electrons. The lowest BCUT2D eigenvalue weighted by atomic mass is 10.3. The number of amides is 1. The van der Waals surface area contributed by atoms with E-state index in [1.54, 1.807) is 18.7 Å². The number of ether oxygens (including phenoxy) is 2. The molecule has 1 aliphatic carbocycles. The van der Waals surface area contributed by atoms with E-state index in [1.807, 2.05) is 0 Å². The maximum absolute atomic E-state index is 11.9. The highest BCUT2D eigenvalue weighted by atomic mass is 16.5. The molecule has 0 spiro atoms. The van der Waals surface area contributed by atoms with E-state index in [4.69, 9.17) is 9.47 Å². The van der Waals surface area contributed by atoms with Crippen LogP contribution in [0.5, 0.6) is 0 Å². The Kier molecular flexibility index (Phi) is 4.73. The average molecular weight is 229 g/mol. The molecule has 1 fully saturated rings. The first kappa shape index (κ1) is 13.0. The summed E-state index contributed by atoms with van der Waals surface area (Å²) in [5.74, 6) is -0.496. The van der Waals surface area contributed by atoms with Gasteiger partial charge in [-0.15, -0.1) is 0 Å². The first-order valence-corrected chi connectivity index (χ1v) is 5.59. The Morgan fingerprint density at radius 1 is 1.44 bits per heavy atom. The van der Waals surface area contributed by atoms with Crippen LogP contribution in [0.25, 0.3) is 0 Å². The van der Waals surface area contributed by atoms with Gasteiger partial charge in [-0.05, 0) is 26.7 Å². The number of hydrogen-bond donors (Lipinski definition) is 0. The second-order valence-corrected chi connectivity index (χ2v) is 3.88. The molecule has 1 aliphatic rings. The second kappa shape index (κ2) is 5.84. The molecule has 0 aromatic rings. The third-order valence-corrected chi connectivity index (χ3v) is 2.58. The predicted molar refractivity (Wildman–Crippen MR) is 57.8 cm³/mol. The van der Waals surface area contributed by atoms with Crippen molar-refractivity contribution in [2.75, 3.05) is 20.3 Å². The highest BCUT2D eigenvalue weighted by molar-refractivity contribution is 5.85. The van der Waals surface area contributed by atoms with Gasteiger partial charge in [-0.1, -0.05) is 0 Å². The molecule has 0 aliphatic heterocycles. The molecule has 0 bridgehead atoms. The Hall–Kier alpha value is -1.10. The molecule has 0 aromatic heterocycles. The molecule has 0 aromatic carbocycles. The maximum atomic E-state index is 11.9. The van der Waals surface area contributed by atoms with E-state index in [9.17, 15) is 9.59 Å². The molecular weight excluding hydrogens is 210 g/mol. The van der Waals surface area contributed by atoms with Crippen LogP contribution in [0.1, 0.15) is 26.7 Å².